The molecule has 38 heavy (non-hydrogen) atoms. The van der Waals surface area contributed by atoms with Gasteiger partial charge in [0.25, 0.3) is 0 Å². The van der Waals surface area contributed by atoms with E-state index < -0.39 is 11.9 Å². The van der Waals surface area contributed by atoms with E-state index in [9.17, 15) is 9.59 Å². The Kier molecular flexibility index (Phi) is 8.55. The predicted octanol–water partition coefficient (Wildman–Crippen LogP) is 7.97. The number of rotatable bonds is 8. The summed E-state index contributed by atoms with van der Waals surface area (Å²) in [5.41, 5.74) is 6.25. The van der Waals surface area contributed by atoms with Crippen LogP contribution in [0.1, 0.15) is 67.9 Å². The molecule has 0 aliphatic carbocycles. The Bertz CT molecular complexity index is 1350. The van der Waals surface area contributed by atoms with Crippen molar-refractivity contribution in [2.24, 2.45) is 0 Å². The van der Waals surface area contributed by atoms with Crippen LogP contribution in [0.4, 0.5) is 0 Å². The van der Waals surface area contributed by atoms with Gasteiger partial charge in [0.05, 0.1) is 11.1 Å². The molecule has 0 aliphatic heterocycles. The van der Waals surface area contributed by atoms with Crippen LogP contribution in [0.15, 0.2) is 97.1 Å². The van der Waals surface area contributed by atoms with Gasteiger partial charge in [-0.2, -0.15) is 0 Å². The molecule has 192 valence electrons. The molecule has 0 atom stereocenters. The number of hydrogen-bond donors (Lipinski definition) is 0. The first kappa shape index (κ1) is 26.6. The van der Waals surface area contributed by atoms with Crippen molar-refractivity contribution >= 4 is 23.5 Å². The van der Waals surface area contributed by atoms with Crippen LogP contribution in [-0.4, -0.2) is 11.9 Å². The Morgan fingerprint density at radius 2 is 0.868 bits per heavy atom. The number of hydrogen-bond acceptors (Lipinski definition) is 4. The third-order valence-electron chi connectivity index (χ3n) is 6.46. The van der Waals surface area contributed by atoms with Gasteiger partial charge in [0.1, 0.15) is 0 Å². The van der Waals surface area contributed by atoms with Gasteiger partial charge in [0.2, 0.25) is 0 Å². The van der Waals surface area contributed by atoms with E-state index in [1.54, 1.807) is 24.3 Å². The van der Waals surface area contributed by atoms with Crippen LogP contribution in [0.2, 0.25) is 0 Å². The summed E-state index contributed by atoms with van der Waals surface area (Å²) in [6, 6.07) is 29.8. The lowest BCUT2D eigenvalue weighted by Crippen LogP contribution is -2.13. The molecule has 4 heteroatoms. The third-order valence-corrected chi connectivity index (χ3v) is 6.46. The van der Waals surface area contributed by atoms with Crippen molar-refractivity contribution in [3.8, 4) is 0 Å². The van der Waals surface area contributed by atoms with E-state index in [1.807, 2.05) is 100 Å². The Labute approximate surface area is 224 Å². The van der Waals surface area contributed by atoms with Crippen LogP contribution < -0.4 is 0 Å². The quantitative estimate of drug-likeness (QED) is 0.139. The number of esters is 2. The molecule has 4 rings (SSSR count). The van der Waals surface area contributed by atoms with Gasteiger partial charge < -0.3 is 9.47 Å². The van der Waals surface area contributed by atoms with E-state index in [0.717, 1.165) is 22.3 Å². The summed E-state index contributed by atoms with van der Waals surface area (Å²) in [6.45, 7) is 8.00. The number of ether oxygens (including phenoxy) is 2. The summed E-state index contributed by atoms with van der Waals surface area (Å²) in [4.78, 5) is 26.9. The molecular formula is C34H32O4. The Balaban J connectivity index is 1.94. The molecule has 0 radical (unpaired) electrons. The van der Waals surface area contributed by atoms with Crippen molar-refractivity contribution < 1.29 is 19.1 Å². The number of benzene rings is 4. The second-order valence-corrected chi connectivity index (χ2v) is 9.19. The molecule has 0 aromatic heterocycles. The normalized spacial score (nSPS) is 11.5. The minimum Gasteiger partial charge on any atom is -0.418 e. The highest BCUT2D eigenvalue weighted by molar-refractivity contribution is 6.01. The summed E-state index contributed by atoms with van der Waals surface area (Å²) in [5, 5.41) is 0. The minimum atomic E-state index is -0.524. The van der Waals surface area contributed by atoms with Gasteiger partial charge in [0.15, 0.2) is 11.5 Å². The van der Waals surface area contributed by atoms with Gasteiger partial charge >= 0.3 is 11.9 Å². The van der Waals surface area contributed by atoms with Crippen LogP contribution >= 0.6 is 0 Å². The fourth-order valence-electron chi connectivity index (χ4n) is 4.23. The SMILES string of the molecule is CCc1ccccc1/C(OC(=O)c1ccc(C)cc1)=C(/OC(=O)c1ccc(C)cc1)c1ccccc1CC. The molecule has 4 nitrogen and oxygen atoms in total. The molecule has 0 bridgehead atoms. The molecule has 0 saturated carbocycles. The lowest BCUT2D eigenvalue weighted by atomic mass is 9.98. The highest BCUT2D eigenvalue weighted by Crippen LogP contribution is 2.34. The van der Waals surface area contributed by atoms with Crippen molar-refractivity contribution in [1.29, 1.82) is 0 Å². The monoisotopic (exact) mass is 504 g/mol. The van der Waals surface area contributed by atoms with Crippen molar-refractivity contribution in [2.45, 2.75) is 40.5 Å². The first-order valence-electron chi connectivity index (χ1n) is 12.9. The molecule has 0 unspecified atom stereocenters. The van der Waals surface area contributed by atoms with Gasteiger partial charge in [-0.3, -0.25) is 0 Å². The lowest BCUT2D eigenvalue weighted by molar-refractivity contribution is 0.0646. The van der Waals surface area contributed by atoms with Gasteiger partial charge in [-0.05, 0) is 62.1 Å². The molecule has 0 saturated heterocycles. The predicted molar refractivity (Wildman–Crippen MR) is 152 cm³/mol. The zero-order valence-corrected chi connectivity index (χ0v) is 22.3. The largest absolute Gasteiger partial charge is 0.418 e. The molecule has 4 aromatic carbocycles. The van der Waals surface area contributed by atoms with Gasteiger partial charge in [-0.25, -0.2) is 9.59 Å². The first-order chi connectivity index (χ1) is 18.4. The van der Waals surface area contributed by atoms with Crippen LogP contribution in [0, 0.1) is 13.8 Å². The van der Waals surface area contributed by atoms with Crippen LogP contribution in [0.5, 0.6) is 0 Å². The van der Waals surface area contributed by atoms with Crippen LogP contribution in [0.3, 0.4) is 0 Å². The maximum absolute atomic E-state index is 13.4. The Hall–Kier alpha value is -4.44. The molecular weight excluding hydrogens is 472 g/mol. The average molecular weight is 505 g/mol. The average Bonchev–Trinajstić information content (AvgIpc) is 2.95. The Morgan fingerprint density at radius 1 is 0.526 bits per heavy atom. The summed E-state index contributed by atoms with van der Waals surface area (Å²) >= 11 is 0. The lowest BCUT2D eigenvalue weighted by Gasteiger charge is -2.20. The molecule has 0 heterocycles. The third kappa shape index (κ3) is 6.09. The zero-order chi connectivity index (χ0) is 27.1. The number of aryl methyl sites for hydroxylation is 4. The maximum atomic E-state index is 13.4. The molecule has 4 aromatic rings. The first-order valence-corrected chi connectivity index (χ1v) is 12.9. The number of carbonyl (C=O) groups is 2. The van der Waals surface area contributed by atoms with Crippen LogP contribution in [0.25, 0.3) is 11.5 Å². The Morgan fingerprint density at radius 3 is 1.21 bits per heavy atom. The zero-order valence-electron chi connectivity index (χ0n) is 22.3. The van der Waals surface area contributed by atoms with Crippen LogP contribution in [-0.2, 0) is 22.3 Å². The van der Waals surface area contributed by atoms with Crippen molar-refractivity contribution in [2.75, 3.05) is 0 Å². The minimum absolute atomic E-state index is 0.217. The van der Waals surface area contributed by atoms with E-state index in [-0.39, 0.29) is 11.5 Å². The second-order valence-electron chi connectivity index (χ2n) is 9.19. The summed E-state index contributed by atoms with van der Waals surface area (Å²) < 4.78 is 12.3. The summed E-state index contributed by atoms with van der Waals surface area (Å²) in [6.07, 6.45) is 1.41. The van der Waals surface area contributed by atoms with Gasteiger partial charge in [-0.1, -0.05) is 97.8 Å². The van der Waals surface area contributed by atoms with E-state index in [1.165, 1.54) is 0 Å². The molecule has 0 aliphatic rings. The smallest absolute Gasteiger partial charge is 0.343 e. The van der Waals surface area contributed by atoms with Gasteiger partial charge in [-0.15, -0.1) is 0 Å². The summed E-state index contributed by atoms with van der Waals surface area (Å²) in [7, 11) is 0. The summed E-state index contributed by atoms with van der Waals surface area (Å²) in [5.74, 6) is -0.615. The highest BCUT2D eigenvalue weighted by atomic mass is 16.6. The topological polar surface area (TPSA) is 52.6 Å². The molecule has 0 spiro atoms. The maximum Gasteiger partial charge on any atom is 0.343 e. The van der Waals surface area contributed by atoms with E-state index >= 15 is 0 Å². The standard InChI is InChI=1S/C34H32O4/c1-5-25-11-7-9-13-29(25)31(37-33(35)27-19-15-23(3)16-20-27)32(30-14-10-8-12-26(30)6-2)38-34(36)28-21-17-24(4)18-22-28/h7-22H,5-6H2,1-4H3/b32-31-. The van der Waals surface area contributed by atoms with E-state index in [2.05, 4.69) is 0 Å². The van der Waals surface area contributed by atoms with E-state index in [4.69, 9.17) is 9.47 Å². The molecule has 0 amide bonds. The second kappa shape index (κ2) is 12.2. The highest BCUT2D eigenvalue weighted by Gasteiger charge is 2.25. The van der Waals surface area contributed by atoms with Crippen molar-refractivity contribution in [3.05, 3.63) is 142 Å². The van der Waals surface area contributed by atoms with Gasteiger partial charge in [0, 0.05) is 11.1 Å². The fraction of sp³-hybridized carbons (Fsp3) is 0.176. The number of carbonyl (C=O) groups excluding carboxylic acids is 2. The van der Waals surface area contributed by atoms with E-state index in [0.29, 0.717) is 35.1 Å². The fourth-order valence-corrected chi connectivity index (χ4v) is 4.23. The van der Waals surface area contributed by atoms with Crippen molar-refractivity contribution in [1.82, 2.24) is 0 Å². The van der Waals surface area contributed by atoms with Crippen molar-refractivity contribution in [3.63, 3.8) is 0 Å². The molecule has 0 fully saturated rings. The molecule has 0 N–H and O–H groups in total.